The van der Waals surface area contributed by atoms with Gasteiger partial charge in [-0.05, 0) is 0 Å². The number of halogens is 3. The Morgan fingerprint density at radius 2 is 1.93 bits per heavy atom. The van der Waals surface area contributed by atoms with Crippen molar-refractivity contribution in [2.45, 2.75) is 0 Å². The van der Waals surface area contributed by atoms with E-state index in [0.29, 0.717) is 0 Å². The van der Waals surface area contributed by atoms with Gasteiger partial charge < -0.3 is 10.5 Å². The van der Waals surface area contributed by atoms with Gasteiger partial charge in [-0.3, -0.25) is 0 Å². The summed E-state index contributed by atoms with van der Waals surface area (Å²) >= 11 is 17.0. The third-order valence-corrected chi connectivity index (χ3v) is 2.67. The number of nitrogens with zero attached hydrogens (tertiary/aromatic N) is 1. The molecule has 4 nitrogen and oxygen atoms in total. The minimum atomic E-state index is -0.710. The topological polar surface area (TPSA) is 65.2 Å². The molecule has 1 aromatic heterocycles. The number of ether oxygens (including phenoxy) is 1. The quantitative estimate of drug-likeness (QED) is 0.618. The molecule has 0 aliphatic carbocycles. The maximum absolute atomic E-state index is 11.2. The molecular formula is C7H5Cl3N2O2. The van der Waals surface area contributed by atoms with Crippen LogP contribution in [0.5, 0.6) is 0 Å². The summed E-state index contributed by atoms with van der Waals surface area (Å²) in [6, 6.07) is 0. The number of pyridine rings is 1. The molecule has 0 atom stereocenters. The van der Waals surface area contributed by atoms with Gasteiger partial charge in [0.25, 0.3) is 0 Å². The first-order chi connectivity index (χ1) is 6.49. The van der Waals surface area contributed by atoms with Crippen LogP contribution in [-0.4, -0.2) is 18.1 Å². The van der Waals surface area contributed by atoms with E-state index in [-0.39, 0.29) is 26.6 Å². The van der Waals surface area contributed by atoms with Gasteiger partial charge in [-0.2, -0.15) is 0 Å². The number of hydrogen-bond donors (Lipinski definition) is 1. The molecule has 0 saturated carbocycles. The van der Waals surface area contributed by atoms with Gasteiger partial charge >= 0.3 is 5.97 Å². The molecule has 14 heavy (non-hydrogen) atoms. The fraction of sp³-hybridized carbons (Fsp3) is 0.143. The lowest BCUT2D eigenvalue weighted by Gasteiger charge is -2.07. The van der Waals surface area contributed by atoms with E-state index in [1.165, 1.54) is 7.11 Å². The summed E-state index contributed by atoms with van der Waals surface area (Å²) in [6.07, 6.45) is 0. The molecule has 0 spiro atoms. The van der Waals surface area contributed by atoms with E-state index in [9.17, 15) is 4.79 Å². The number of methoxy groups -OCH3 is 1. The largest absolute Gasteiger partial charge is 0.465 e. The van der Waals surface area contributed by atoms with Crippen LogP contribution in [0.3, 0.4) is 0 Å². The van der Waals surface area contributed by atoms with Gasteiger partial charge in [0, 0.05) is 0 Å². The van der Waals surface area contributed by atoms with E-state index >= 15 is 0 Å². The molecule has 2 N–H and O–H groups in total. The maximum Gasteiger partial charge on any atom is 0.343 e. The number of rotatable bonds is 1. The lowest BCUT2D eigenvalue weighted by molar-refractivity contribution is 0.0602. The van der Waals surface area contributed by atoms with E-state index in [1.807, 2.05) is 0 Å². The van der Waals surface area contributed by atoms with Gasteiger partial charge in [-0.15, -0.1) is 0 Å². The molecular weight excluding hydrogens is 250 g/mol. The Morgan fingerprint density at radius 3 is 2.43 bits per heavy atom. The summed E-state index contributed by atoms with van der Waals surface area (Å²) in [7, 11) is 1.20. The van der Waals surface area contributed by atoms with Crippen molar-refractivity contribution in [2.75, 3.05) is 12.8 Å². The molecule has 7 heteroatoms. The van der Waals surface area contributed by atoms with Crippen molar-refractivity contribution in [3.05, 3.63) is 20.8 Å². The molecule has 76 valence electrons. The SMILES string of the molecule is COC(=O)c1c(N)nc(Cl)c(Cl)c1Cl. The Bertz CT molecular complexity index is 395. The molecule has 0 amide bonds. The second kappa shape index (κ2) is 4.21. The summed E-state index contributed by atoms with van der Waals surface area (Å²) in [5.41, 5.74) is 5.35. The number of carbonyl (C=O) groups excluding carboxylic acids is 1. The van der Waals surface area contributed by atoms with E-state index in [0.717, 1.165) is 0 Å². The minimum absolute atomic E-state index is 0.0251. The van der Waals surface area contributed by atoms with Crippen molar-refractivity contribution < 1.29 is 9.53 Å². The predicted octanol–water partition coefficient (Wildman–Crippen LogP) is 2.41. The Hall–Kier alpha value is -0.710. The molecule has 1 rings (SSSR count). The number of esters is 1. The zero-order chi connectivity index (χ0) is 10.9. The highest BCUT2D eigenvalue weighted by molar-refractivity contribution is 6.48. The van der Waals surface area contributed by atoms with Crippen molar-refractivity contribution in [3.63, 3.8) is 0 Å². The molecule has 0 saturated heterocycles. The summed E-state index contributed by atoms with van der Waals surface area (Å²) in [4.78, 5) is 14.8. The van der Waals surface area contributed by atoms with Gasteiger partial charge in [0.15, 0.2) is 5.15 Å². The van der Waals surface area contributed by atoms with Crippen molar-refractivity contribution in [1.29, 1.82) is 0 Å². The third-order valence-electron chi connectivity index (χ3n) is 1.46. The van der Waals surface area contributed by atoms with Crippen molar-refractivity contribution in [2.24, 2.45) is 0 Å². The standard InChI is InChI=1S/C7H5Cl3N2O2/c1-14-7(13)2-3(8)4(9)5(10)12-6(2)11/h1H3,(H2,11,12). The summed E-state index contributed by atoms with van der Waals surface area (Å²) in [5.74, 6) is -0.824. The fourth-order valence-electron chi connectivity index (χ4n) is 0.820. The van der Waals surface area contributed by atoms with Gasteiger partial charge in [-0.1, -0.05) is 34.8 Å². The number of hydrogen-bond acceptors (Lipinski definition) is 4. The number of anilines is 1. The molecule has 0 bridgehead atoms. The molecule has 0 radical (unpaired) electrons. The van der Waals surface area contributed by atoms with E-state index < -0.39 is 5.97 Å². The van der Waals surface area contributed by atoms with Crippen LogP contribution in [0.1, 0.15) is 10.4 Å². The molecule has 0 aliphatic rings. The summed E-state index contributed by atoms with van der Waals surface area (Å²) in [5, 5.41) is -0.138. The van der Waals surface area contributed by atoms with Crippen LogP contribution in [0.2, 0.25) is 15.2 Å². The number of aromatic nitrogens is 1. The Balaban J connectivity index is 3.44. The molecule has 1 aromatic rings. The highest BCUT2D eigenvalue weighted by Gasteiger charge is 2.20. The molecule has 0 aliphatic heterocycles. The lowest BCUT2D eigenvalue weighted by Crippen LogP contribution is -2.08. The van der Waals surface area contributed by atoms with Crippen molar-refractivity contribution >= 4 is 46.6 Å². The van der Waals surface area contributed by atoms with Crippen LogP contribution < -0.4 is 5.73 Å². The highest BCUT2D eigenvalue weighted by atomic mass is 35.5. The first kappa shape index (κ1) is 11.4. The first-order valence-electron chi connectivity index (χ1n) is 3.37. The second-order valence-corrected chi connectivity index (χ2v) is 3.40. The van der Waals surface area contributed by atoms with Gasteiger partial charge in [-0.25, -0.2) is 9.78 Å². The predicted molar refractivity (Wildman–Crippen MR) is 55.0 cm³/mol. The second-order valence-electron chi connectivity index (χ2n) is 2.28. The molecule has 0 fully saturated rings. The average molecular weight is 255 g/mol. The van der Waals surface area contributed by atoms with Gasteiger partial charge in [0.2, 0.25) is 0 Å². The van der Waals surface area contributed by atoms with Crippen LogP contribution in [-0.2, 0) is 4.74 Å². The number of nitrogen functional groups attached to an aromatic ring is 1. The lowest BCUT2D eigenvalue weighted by atomic mass is 10.2. The number of nitrogens with two attached hydrogens (primary N) is 1. The van der Waals surface area contributed by atoms with E-state index in [1.54, 1.807) is 0 Å². The normalized spacial score (nSPS) is 10.0. The van der Waals surface area contributed by atoms with Crippen LogP contribution in [0.25, 0.3) is 0 Å². The summed E-state index contributed by atoms with van der Waals surface area (Å²) < 4.78 is 4.45. The smallest absolute Gasteiger partial charge is 0.343 e. The Kier molecular flexibility index (Phi) is 3.42. The van der Waals surface area contributed by atoms with Crippen LogP contribution in [0, 0.1) is 0 Å². The Morgan fingerprint density at radius 1 is 1.36 bits per heavy atom. The monoisotopic (exact) mass is 254 g/mol. The average Bonchev–Trinajstić information content (AvgIpc) is 2.14. The highest BCUT2D eigenvalue weighted by Crippen LogP contribution is 2.34. The van der Waals surface area contributed by atoms with E-state index in [4.69, 9.17) is 40.5 Å². The first-order valence-corrected chi connectivity index (χ1v) is 4.50. The van der Waals surface area contributed by atoms with Crippen LogP contribution >= 0.6 is 34.8 Å². The summed E-state index contributed by atoms with van der Waals surface area (Å²) in [6.45, 7) is 0. The maximum atomic E-state index is 11.2. The molecule has 1 heterocycles. The fourth-order valence-corrected chi connectivity index (χ4v) is 1.45. The van der Waals surface area contributed by atoms with Gasteiger partial charge in [0.05, 0.1) is 17.2 Å². The minimum Gasteiger partial charge on any atom is -0.465 e. The van der Waals surface area contributed by atoms with Gasteiger partial charge in [0.1, 0.15) is 11.4 Å². The number of carbonyl (C=O) groups is 1. The van der Waals surface area contributed by atoms with Crippen molar-refractivity contribution in [1.82, 2.24) is 4.98 Å². The van der Waals surface area contributed by atoms with Crippen molar-refractivity contribution in [3.8, 4) is 0 Å². The van der Waals surface area contributed by atoms with Crippen LogP contribution in [0.4, 0.5) is 5.82 Å². The molecule has 0 aromatic carbocycles. The Labute approximate surface area is 94.9 Å². The van der Waals surface area contributed by atoms with Crippen LogP contribution in [0.15, 0.2) is 0 Å². The third kappa shape index (κ3) is 1.87. The molecule has 0 unspecified atom stereocenters. The zero-order valence-corrected chi connectivity index (χ0v) is 9.24. The zero-order valence-electron chi connectivity index (χ0n) is 6.97. The van der Waals surface area contributed by atoms with E-state index in [2.05, 4.69) is 9.72 Å².